The molecule has 0 bridgehead atoms. The number of rotatable bonds is 13. The van der Waals surface area contributed by atoms with Gasteiger partial charge in [-0.2, -0.15) is 0 Å². The zero-order valence-electron chi connectivity index (χ0n) is 21.7. The Morgan fingerprint density at radius 1 is 0.778 bits per heavy atom. The summed E-state index contributed by atoms with van der Waals surface area (Å²) >= 11 is 4.58. The summed E-state index contributed by atoms with van der Waals surface area (Å²) in [5.74, 6) is 0. The molecule has 1 aliphatic heterocycles. The molecule has 1 heterocycles. The minimum atomic E-state index is -2.81. The molecule has 0 spiro atoms. The van der Waals surface area contributed by atoms with Crippen molar-refractivity contribution in [3.8, 4) is 0 Å². The van der Waals surface area contributed by atoms with Crippen molar-refractivity contribution >= 4 is 36.7 Å². The van der Waals surface area contributed by atoms with Crippen LogP contribution in [0.2, 0.25) is 0 Å². The van der Waals surface area contributed by atoms with Crippen molar-refractivity contribution in [1.29, 1.82) is 0 Å². The molecule has 36 heavy (non-hydrogen) atoms. The average molecular weight is 570 g/mol. The van der Waals surface area contributed by atoms with Gasteiger partial charge in [0.2, 0.25) is 0 Å². The van der Waals surface area contributed by atoms with E-state index in [0.29, 0.717) is 6.10 Å². The number of halogens is 1. The van der Waals surface area contributed by atoms with E-state index in [-0.39, 0.29) is 6.29 Å². The van der Waals surface area contributed by atoms with Gasteiger partial charge in [-0.1, -0.05) is 0 Å². The van der Waals surface area contributed by atoms with Crippen molar-refractivity contribution in [3.63, 3.8) is 0 Å². The van der Waals surface area contributed by atoms with E-state index in [0.717, 1.165) is 38.5 Å². The van der Waals surface area contributed by atoms with Gasteiger partial charge in [-0.3, -0.25) is 0 Å². The Morgan fingerprint density at radius 3 is 1.81 bits per heavy atom. The van der Waals surface area contributed by atoms with E-state index in [1.807, 2.05) is 0 Å². The van der Waals surface area contributed by atoms with Crippen molar-refractivity contribution in [3.05, 3.63) is 91.0 Å². The Balaban J connectivity index is 1.52. The van der Waals surface area contributed by atoms with Gasteiger partial charge in [0.25, 0.3) is 0 Å². The summed E-state index contributed by atoms with van der Waals surface area (Å²) in [7, 11) is 0. The molecule has 2 nitrogen and oxygen atoms in total. The Bertz CT molecular complexity index is 922. The normalized spacial score (nSPS) is 18.3. The average Bonchev–Trinajstić information content (AvgIpc) is 2.95. The summed E-state index contributed by atoms with van der Waals surface area (Å²) in [5, 5.41) is 1.41. The fourth-order valence-electron chi connectivity index (χ4n) is 5.64. The molecule has 0 amide bonds. The van der Waals surface area contributed by atoms with Crippen LogP contribution in [0.3, 0.4) is 0 Å². The molecule has 0 N–H and O–H groups in total. The van der Waals surface area contributed by atoms with Crippen molar-refractivity contribution in [2.75, 3.05) is 12.8 Å². The van der Waals surface area contributed by atoms with Crippen LogP contribution in [0.15, 0.2) is 91.0 Å². The minimum absolute atomic E-state index is 0.00923. The molecule has 2 atom stereocenters. The molecule has 3 aromatic rings. The fourth-order valence-corrected chi connectivity index (χ4v) is 13.4. The predicted octanol–water partition coefficient (Wildman–Crippen LogP) is 8.10. The first kappa shape index (κ1) is 27.5. The van der Waals surface area contributed by atoms with E-state index in [1.165, 1.54) is 48.0 Å². The first-order valence-electron chi connectivity index (χ1n) is 13.8. The molecule has 4 heteroatoms. The third kappa shape index (κ3) is 6.30. The molecule has 0 aliphatic carbocycles. The number of hydrogen-bond acceptors (Lipinski definition) is 2. The SMILES string of the molecule is CCCC(CCCCCP(Br)(c1ccccc1)(c1ccccc1)c1ccccc1)OC1CCCCO1. The van der Waals surface area contributed by atoms with Gasteiger partial charge in [0.1, 0.15) is 0 Å². The monoisotopic (exact) mass is 568 g/mol. The van der Waals surface area contributed by atoms with Crippen LogP contribution in [-0.2, 0) is 9.47 Å². The predicted molar refractivity (Wildman–Crippen MR) is 161 cm³/mol. The van der Waals surface area contributed by atoms with E-state index in [1.54, 1.807) is 0 Å². The summed E-state index contributed by atoms with van der Waals surface area (Å²) < 4.78 is 12.2. The van der Waals surface area contributed by atoms with Crippen molar-refractivity contribution in [2.24, 2.45) is 0 Å². The van der Waals surface area contributed by atoms with Crippen LogP contribution in [0.5, 0.6) is 0 Å². The molecule has 0 aromatic heterocycles. The number of unbranched alkanes of at least 4 members (excludes halogenated alkanes) is 2. The van der Waals surface area contributed by atoms with Crippen LogP contribution in [0, 0.1) is 0 Å². The number of ether oxygens (including phenoxy) is 2. The first-order chi connectivity index (χ1) is 17.6. The molecule has 0 radical (unpaired) electrons. The van der Waals surface area contributed by atoms with Crippen LogP contribution in [-0.4, -0.2) is 25.2 Å². The standard InChI is InChI=1S/C32H42BrO2P/c1-2-17-28(35-32-25-14-15-26-34-32)18-7-6-16-27-36(33,29-19-8-3-9-20-29,30-21-10-4-11-22-30)31-23-12-5-13-24-31/h3-5,8-13,19-24,28,32H,2,6-7,14-18,25-27H2,1H3. The van der Waals surface area contributed by atoms with Gasteiger partial charge in [-0.25, -0.2) is 0 Å². The molecule has 4 rings (SSSR count). The van der Waals surface area contributed by atoms with E-state index >= 15 is 0 Å². The van der Waals surface area contributed by atoms with Crippen LogP contribution < -0.4 is 15.9 Å². The van der Waals surface area contributed by atoms with Crippen molar-refractivity contribution in [1.82, 2.24) is 0 Å². The van der Waals surface area contributed by atoms with Crippen molar-refractivity contribution < 1.29 is 9.47 Å². The summed E-state index contributed by atoms with van der Waals surface area (Å²) in [6.07, 6.45) is 11.8. The maximum atomic E-state index is 6.38. The van der Waals surface area contributed by atoms with Gasteiger partial charge >= 0.3 is 227 Å². The second-order valence-electron chi connectivity index (χ2n) is 10.1. The summed E-state index contributed by atoms with van der Waals surface area (Å²) in [6, 6.07) is 33.4. The molecule has 3 aromatic carbocycles. The Hall–Kier alpha value is -1.51. The molecule has 1 saturated heterocycles. The second-order valence-corrected chi connectivity index (χ2v) is 19.2. The zero-order chi connectivity index (χ0) is 25.1. The summed E-state index contributed by atoms with van der Waals surface area (Å²) in [5.41, 5.74) is 0. The van der Waals surface area contributed by atoms with E-state index in [9.17, 15) is 0 Å². The zero-order valence-corrected chi connectivity index (χ0v) is 24.2. The molecular weight excluding hydrogens is 527 g/mol. The topological polar surface area (TPSA) is 18.5 Å². The molecule has 0 saturated carbocycles. The Kier molecular flexibility index (Phi) is 10.2. The number of hydrogen-bond donors (Lipinski definition) is 0. The van der Waals surface area contributed by atoms with Crippen LogP contribution >= 0.6 is 20.8 Å². The van der Waals surface area contributed by atoms with Gasteiger partial charge < -0.3 is 0 Å². The molecule has 2 unspecified atom stereocenters. The second kappa shape index (κ2) is 13.3. The number of benzene rings is 3. The Labute approximate surface area is 226 Å². The van der Waals surface area contributed by atoms with Crippen molar-refractivity contribution in [2.45, 2.75) is 77.1 Å². The van der Waals surface area contributed by atoms with E-state index in [2.05, 4.69) is 113 Å². The molecule has 1 fully saturated rings. The maximum absolute atomic E-state index is 6.38. The molecular formula is C32H42BrO2P. The van der Waals surface area contributed by atoms with E-state index < -0.39 is 5.31 Å². The van der Waals surface area contributed by atoms with Gasteiger partial charge in [0.05, 0.1) is 0 Å². The van der Waals surface area contributed by atoms with Gasteiger partial charge in [0, 0.05) is 0 Å². The first-order valence-corrected chi connectivity index (χ1v) is 18.3. The summed E-state index contributed by atoms with van der Waals surface area (Å²) in [4.78, 5) is 0. The van der Waals surface area contributed by atoms with Gasteiger partial charge in [0.15, 0.2) is 0 Å². The van der Waals surface area contributed by atoms with E-state index in [4.69, 9.17) is 9.47 Å². The van der Waals surface area contributed by atoms with Crippen LogP contribution in [0.4, 0.5) is 0 Å². The third-order valence-corrected chi connectivity index (χ3v) is 17.6. The fraction of sp³-hybridized carbons (Fsp3) is 0.438. The van der Waals surface area contributed by atoms with Crippen LogP contribution in [0.25, 0.3) is 0 Å². The van der Waals surface area contributed by atoms with Gasteiger partial charge in [-0.15, -0.1) is 0 Å². The molecule has 1 aliphatic rings. The molecule has 194 valence electrons. The quantitative estimate of drug-likeness (QED) is 0.153. The third-order valence-electron chi connectivity index (χ3n) is 7.58. The Morgan fingerprint density at radius 2 is 1.33 bits per heavy atom. The van der Waals surface area contributed by atoms with Crippen LogP contribution in [0.1, 0.15) is 64.7 Å². The van der Waals surface area contributed by atoms with Gasteiger partial charge in [-0.05, 0) is 0 Å². The summed E-state index contributed by atoms with van der Waals surface area (Å²) in [6.45, 7) is 3.10.